The highest BCUT2D eigenvalue weighted by molar-refractivity contribution is 6.00. The van der Waals surface area contributed by atoms with Gasteiger partial charge in [-0.25, -0.2) is 19.3 Å². The Hall–Kier alpha value is -3.81. The number of anilines is 1. The summed E-state index contributed by atoms with van der Waals surface area (Å²) in [6.45, 7) is 3.34. The van der Waals surface area contributed by atoms with E-state index < -0.39 is 0 Å². The average molecular weight is 433 g/mol. The Bertz CT molecular complexity index is 1210. The van der Waals surface area contributed by atoms with E-state index in [2.05, 4.69) is 20.3 Å². The van der Waals surface area contributed by atoms with Crippen LogP contribution in [-0.2, 0) is 6.42 Å². The number of imidazole rings is 1. The highest BCUT2D eigenvalue weighted by Crippen LogP contribution is 2.28. The van der Waals surface area contributed by atoms with Crippen LogP contribution in [-0.4, -0.2) is 46.0 Å². The molecule has 164 valence electrons. The number of fused-ring (bicyclic) bond motifs is 1. The zero-order valence-electron chi connectivity index (χ0n) is 18.1. The van der Waals surface area contributed by atoms with Gasteiger partial charge in [-0.05, 0) is 55.8 Å². The summed E-state index contributed by atoms with van der Waals surface area (Å²) in [6.07, 6.45) is 5.06. The van der Waals surface area contributed by atoms with E-state index >= 15 is 0 Å². The van der Waals surface area contributed by atoms with Gasteiger partial charge < -0.3 is 15.2 Å². The second-order valence-electron chi connectivity index (χ2n) is 7.52. The predicted molar refractivity (Wildman–Crippen MR) is 123 cm³/mol. The molecule has 0 atom stereocenters. The van der Waals surface area contributed by atoms with Crippen LogP contribution in [0.2, 0.25) is 0 Å². The van der Waals surface area contributed by atoms with Gasteiger partial charge in [-0.1, -0.05) is 0 Å². The second kappa shape index (κ2) is 9.55. The zero-order chi connectivity index (χ0) is 22.5. The van der Waals surface area contributed by atoms with Crippen molar-refractivity contribution in [2.75, 3.05) is 25.0 Å². The molecule has 0 saturated heterocycles. The molecule has 0 spiro atoms. The van der Waals surface area contributed by atoms with Crippen LogP contribution in [0.3, 0.4) is 0 Å². The van der Waals surface area contributed by atoms with Crippen LogP contribution >= 0.6 is 0 Å². The third-order valence-electron chi connectivity index (χ3n) is 5.31. The Kier molecular flexibility index (Phi) is 6.39. The van der Waals surface area contributed by atoms with Crippen molar-refractivity contribution in [1.29, 1.82) is 0 Å². The first-order valence-corrected chi connectivity index (χ1v) is 10.6. The van der Waals surface area contributed by atoms with Crippen molar-refractivity contribution in [3.63, 3.8) is 0 Å². The molecule has 2 aromatic carbocycles. The molecule has 32 heavy (non-hydrogen) atoms. The first kappa shape index (κ1) is 21.4. The number of benzene rings is 2. The number of carbonyl (C=O) groups excluding carboxylic acids is 1. The van der Waals surface area contributed by atoms with Crippen LogP contribution < -0.4 is 10.2 Å². The van der Waals surface area contributed by atoms with Gasteiger partial charge in [0.15, 0.2) is 5.82 Å². The molecule has 0 radical (unpaired) electrons. The molecule has 2 aromatic heterocycles. The van der Waals surface area contributed by atoms with Crippen molar-refractivity contribution in [3.05, 3.63) is 72.1 Å². The third kappa shape index (κ3) is 4.74. The van der Waals surface area contributed by atoms with E-state index in [4.69, 9.17) is 4.98 Å². The van der Waals surface area contributed by atoms with Crippen molar-refractivity contribution in [1.82, 2.24) is 25.3 Å². The van der Waals surface area contributed by atoms with Gasteiger partial charge in [-0.15, -0.1) is 0 Å². The molecule has 0 fully saturated rings. The van der Waals surface area contributed by atoms with Crippen LogP contribution in [0.4, 0.5) is 10.2 Å². The van der Waals surface area contributed by atoms with Crippen LogP contribution in [0.1, 0.15) is 29.5 Å². The number of hydrogen-bond donors (Lipinski definition) is 2. The van der Waals surface area contributed by atoms with Crippen LogP contribution in [0.5, 0.6) is 0 Å². The molecule has 0 aliphatic heterocycles. The van der Waals surface area contributed by atoms with E-state index in [0.717, 1.165) is 36.4 Å². The molecule has 7 nitrogen and oxygen atoms in total. The van der Waals surface area contributed by atoms with E-state index in [1.165, 1.54) is 12.1 Å². The molecule has 0 aliphatic carbocycles. The van der Waals surface area contributed by atoms with E-state index in [1.54, 1.807) is 36.7 Å². The van der Waals surface area contributed by atoms with Crippen LogP contribution in [0.25, 0.3) is 22.3 Å². The van der Waals surface area contributed by atoms with Gasteiger partial charge >= 0.3 is 0 Å². The van der Waals surface area contributed by atoms with Gasteiger partial charge in [0, 0.05) is 55.5 Å². The van der Waals surface area contributed by atoms with Crippen molar-refractivity contribution >= 4 is 22.6 Å². The summed E-state index contributed by atoms with van der Waals surface area (Å²) in [7, 11) is 1.95. The van der Waals surface area contributed by atoms with E-state index in [1.807, 2.05) is 24.9 Å². The van der Waals surface area contributed by atoms with Gasteiger partial charge in [0.25, 0.3) is 5.91 Å². The minimum atomic E-state index is -0.313. The maximum atomic E-state index is 13.4. The third-order valence-corrected chi connectivity index (χ3v) is 5.31. The highest BCUT2D eigenvalue weighted by Gasteiger charge is 2.15. The Morgan fingerprint density at radius 1 is 1.16 bits per heavy atom. The van der Waals surface area contributed by atoms with Gasteiger partial charge in [-0.2, -0.15) is 0 Å². The number of halogens is 1. The minimum Gasteiger partial charge on any atom is -0.359 e. The maximum absolute atomic E-state index is 13.4. The summed E-state index contributed by atoms with van der Waals surface area (Å²) in [5, 5.41) is 3.81. The summed E-state index contributed by atoms with van der Waals surface area (Å²) >= 11 is 0. The van der Waals surface area contributed by atoms with Crippen LogP contribution in [0.15, 0.2) is 54.9 Å². The summed E-state index contributed by atoms with van der Waals surface area (Å²) in [5.74, 6) is 1.69. The molecule has 2 N–H and O–H groups in total. The maximum Gasteiger partial charge on any atom is 0.251 e. The van der Waals surface area contributed by atoms with Crippen LogP contribution in [0, 0.1) is 5.82 Å². The SMILES string of the molecule is CCN(C)c1nc(-c2ccc(F)cc2)nc2cc(C(=O)NCCCc3ncc[nH]3)ccc12. The molecule has 2 heterocycles. The van der Waals surface area contributed by atoms with E-state index in [0.29, 0.717) is 29.0 Å². The van der Waals surface area contributed by atoms with Crippen molar-refractivity contribution in [3.8, 4) is 11.4 Å². The van der Waals surface area contributed by atoms with Crippen molar-refractivity contribution in [2.45, 2.75) is 19.8 Å². The Labute approximate surface area is 185 Å². The number of aryl methyl sites for hydroxylation is 1. The number of nitrogens with one attached hydrogen (secondary N) is 2. The number of rotatable bonds is 8. The molecule has 8 heteroatoms. The first-order chi connectivity index (χ1) is 15.5. The summed E-state index contributed by atoms with van der Waals surface area (Å²) in [4.78, 5) is 31.3. The molecule has 0 aliphatic rings. The van der Waals surface area contributed by atoms with E-state index in [-0.39, 0.29) is 11.7 Å². The van der Waals surface area contributed by atoms with E-state index in [9.17, 15) is 9.18 Å². The Morgan fingerprint density at radius 2 is 1.97 bits per heavy atom. The summed E-state index contributed by atoms with van der Waals surface area (Å²) in [6, 6.07) is 11.5. The molecule has 0 unspecified atom stereocenters. The van der Waals surface area contributed by atoms with Gasteiger partial charge in [0.2, 0.25) is 0 Å². The fourth-order valence-electron chi connectivity index (χ4n) is 3.42. The lowest BCUT2D eigenvalue weighted by atomic mass is 10.1. The standard InChI is InChI=1S/C24H25FN6O/c1-3-31(2)23-19-11-8-17(24(32)28-12-4-5-21-26-13-14-27-21)15-20(19)29-22(30-23)16-6-9-18(25)10-7-16/h6-11,13-15H,3-5,12H2,1-2H3,(H,26,27)(H,28,32). The minimum absolute atomic E-state index is 0.154. The number of hydrogen-bond acceptors (Lipinski definition) is 5. The van der Waals surface area contributed by atoms with Gasteiger partial charge in [0.1, 0.15) is 17.5 Å². The quantitative estimate of drug-likeness (QED) is 0.411. The lowest BCUT2D eigenvalue weighted by molar-refractivity contribution is 0.0953. The first-order valence-electron chi connectivity index (χ1n) is 10.6. The predicted octanol–water partition coefficient (Wildman–Crippen LogP) is 3.98. The molecule has 0 bridgehead atoms. The topological polar surface area (TPSA) is 86.8 Å². The number of aromatic amines is 1. The van der Waals surface area contributed by atoms with Gasteiger partial charge in [-0.3, -0.25) is 4.79 Å². The largest absolute Gasteiger partial charge is 0.359 e. The number of aromatic nitrogens is 4. The lowest BCUT2D eigenvalue weighted by Crippen LogP contribution is -2.25. The monoisotopic (exact) mass is 432 g/mol. The molecule has 4 rings (SSSR count). The van der Waals surface area contributed by atoms with Gasteiger partial charge in [0.05, 0.1) is 5.52 Å². The number of amides is 1. The average Bonchev–Trinajstić information content (AvgIpc) is 3.34. The fraction of sp³-hybridized carbons (Fsp3) is 0.250. The normalized spacial score (nSPS) is 11.0. The van der Waals surface area contributed by atoms with Crippen molar-refractivity contribution < 1.29 is 9.18 Å². The molecule has 1 amide bonds. The smallest absolute Gasteiger partial charge is 0.251 e. The molecule has 0 saturated carbocycles. The number of nitrogens with zero attached hydrogens (tertiary/aromatic N) is 4. The summed E-state index contributed by atoms with van der Waals surface area (Å²) in [5.41, 5.74) is 1.91. The Balaban J connectivity index is 1.59. The zero-order valence-corrected chi connectivity index (χ0v) is 18.1. The van der Waals surface area contributed by atoms with Crippen molar-refractivity contribution in [2.24, 2.45) is 0 Å². The number of H-pyrrole nitrogens is 1. The summed E-state index contributed by atoms with van der Waals surface area (Å²) < 4.78 is 13.4. The second-order valence-corrected chi connectivity index (χ2v) is 7.52. The fourth-order valence-corrected chi connectivity index (χ4v) is 3.42. The highest BCUT2D eigenvalue weighted by atomic mass is 19.1. The molecular weight excluding hydrogens is 407 g/mol. The number of carbonyl (C=O) groups is 1. The molecule has 4 aromatic rings. The lowest BCUT2D eigenvalue weighted by Gasteiger charge is -2.19. The Morgan fingerprint density at radius 3 is 2.69 bits per heavy atom. The molecular formula is C24H25FN6O.